The summed E-state index contributed by atoms with van der Waals surface area (Å²) in [6, 6.07) is 6.50. The number of hydrogen-bond acceptors (Lipinski definition) is 6. The van der Waals surface area contributed by atoms with E-state index in [2.05, 4.69) is 15.6 Å². The van der Waals surface area contributed by atoms with Crippen molar-refractivity contribution in [2.24, 2.45) is 0 Å². The first-order valence-corrected chi connectivity index (χ1v) is 8.29. The van der Waals surface area contributed by atoms with Crippen molar-refractivity contribution in [1.29, 1.82) is 0 Å². The minimum absolute atomic E-state index is 0.203. The predicted octanol–water partition coefficient (Wildman–Crippen LogP) is 1.77. The van der Waals surface area contributed by atoms with E-state index in [9.17, 15) is 18.0 Å². The van der Waals surface area contributed by atoms with Crippen molar-refractivity contribution >= 4 is 11.6 Å². The Morgan fingerprint density at radius 1 is 1.36 bits per heavy atom. The minimum atomic E-state index is -4.39. The normalized spacial score (nSPS) is 13.9. The average molecular weight is 393 g/mol. The second-order valence-corrected chi connectivity index (χ2v) is 6.19. The van der Waals surface area contributed by atoms with Crippen LogP contribution >= 0.6 is 0 Å². The van der Waals surface area contributed by atoms with Crippen LogP contribution in [0.15, 0.2) is 48.5 Å². The third-order valence-corrected chi connectivity index (χ3v) is 4.09. The highest BCUT2D eigenvalue weighted by Crippen LogP contribution is 2.29. The number of nitrogen functional groups attached to an aromatic ring is 1. The zero-order valence-corrected chi connectivity index (χ0v) is 14.6. The van der Waals surface area contributed by atoms with Gasteiger partial charge in [0, 0.05) is 18.9 Å². The number of amides is 1. The number of rotatable bonds is 5. The Labute approximate surface area is 158 Å². The Bertz CT molecular complexity index is 914. The second-order valence-electron chi connectivity index (χ2n) is 6.19. The van der Waals surface area contributed by atoms with Crippen molar-refractivity contribution in [2.45, 2.75) is 19.3 Å². The fourth-order valence-electron chi connectivity index (χ4n) is 2.68. The molecule has 1 aliphatic heterocycles. The Morgan fingerprint density at radius 3 is 2.82 bits per heavy atom. The number of nitrogens with zero attached hydrogens (tertiary/aromatic N) is 2. The van der Waals surface area contributed by atoms with Crippen molar-refractivity contribution in [3.05, 3.63) is 70.9 Å². The summed E-state index contributed by atoms with van der Waals surface area (Å²) < 4.78 is 38.4. The number of hydrogen-bond donors (Lipinski definition) is 4. The van der Waals surface area contributed by atoms with Gasteiger partial charge >= 0.3 is 6.18 Å². The Kier molecular flexibility index (Phi) is 5.41. The van der Waals surface area contributed by atoms with E-state index in [1.54, 1.807) is 17.2 Å². The number of carbonyl (C=O) groups excluding carboxylic acids is 1. The first-order chi connectivity index (χ1) is 13.3. The number of benzene rings is 1. The molecule has 148 valence electrons. The summed E-state index contributed by atoms with van der Waals surface area (Å²) >= 11 is 0. The number of carbonyl (C=O) groups is 1. The largest absolute Gasteiger partial charge is 0.416 e. The Balaban J connectivity index is 1.64. The van der Waals surface area contributed by atoms with Crippen LogP contribution in [0.3, 0.4) is 0 Å². The summed E-state index contributed by atoms with van der Waals surface area (Å²) in [5.41, 5.74) is 6.20. The van der Waals surface area contributed by atoms with E-state index in [4.69, 9.17) is 10.8 Å². The quantitative estimate of drug-likeness (QED) is 0.617. The van der Waals surface area contributed by atoms with Gasteiger partial charge in [-0.15, -0.1) is 0 Å². The first kappa shape index (κ1) is 19.5. The maximum Gasteiger partial charge on any atom is 0.416 e. The van der Waals surface area contributed by atoms with Gasteiger partial charge in [0.1, 0.15) is 5.82 Å². The van der Waals surface area contributed by atoms with Crippen LogP contribution in [0.25, 0.3) is 0 Å². The highest BCUT2D eigenvalue weighted by Gasteiger charge is 2.30. The number of halogens is 3. The zero-order chi connectivity index (χ0) is 20.3. The van der Waals surface area contributed by atoms with Gasteiger partial charge in [-0.1, -0.05) is 12.1 Å². The number of anilines is 1. The summed E-state index contributed by atoms with van der Waals surface area (Å²) in [5.74, 6) is -0.0508. The molecule has 7 nitrogen and oxygen atoms in total. The summed E-state index contributed by atoms with van der Waals surface area (Å²) in [6.07, 6.45) is -1.49. The molecule has 0 atom stereocenters. The lowest BCUT2D eigenvalue weighted by molar-refractivity contribution is -0.137. The molecule has 3 rings (SSSR count). The minimum Gasteiger partial charge on any atom is -0.397 e. The molecular weight excluding hydrogens is 375 g/mol. The van der Waals surface area contributed by atoms with E-state index in [-0.39, 0.29) is 30.1 Å². The molecule has 0 unspecified atom stereocenters. The van der Waals surface area contributed by atoms with E-state index in [1.807, 2.05) is 0 Å². The van der Waals surface area contributed by atoms with E-state index in [0.717, 1.165) is 12.1 Å². The molecule has 5 N–H and O–H groups in total. The molecule has 28 heavy (non-hydrogen) atoms. The SMILES string of the molecule is Nc1cc(C(=O)NC2=CN(Cc3cccc(C(F)(F)F)c3)CN2)cnc1CO. The maximum absolute atomic E-state index is 12.8. The van der Waals surface area contributed by atoms with Gasteiger partial charge in [-0.2, -0.15) is 13.2 Å². The third kappa shape index (κ3) is 4.52. The molecule has 1 amide bonds. The van der Waals surface area contributed by atoms with Crippen molar-refractivity contribution in [1.82, 2.24) is 20.5 Å². The van der Waals surface area contributed by atoms with Crippen LogP contribution in [0.5, 0.6) is 0 Å². The van der Waals surface area contributed by atoms with Crippen molar-refractivity contribution in [3.8, 4) is 0 Å². The van der Waals surface area contributed by atoms with Crippen molar-refractivity contribution < 1.29 is 23.1 Å². The number of aliphatic hydroxyl groups excluding tert-OH is 1. The number of nitrogens with two attached hydrogens (primary N) is 1. The summed E-state index contributed by atoms with van der Waals surface area (Å²) in [5, 5.41) is 14.7. The molecule has 0 fully saturated rings. The Morgan fingerprint density at radius 2 is 2.14 bits per heavy atom. The number of pyridine rings is 1. The number of alkyl halides is 3. The van der Waals surface area contributed by atoms with Gasteiger partial charge in [0.2, 0.25) is 0 Å². The lowest BCUT2D eigenvalue weighted by atomic mass is 10.1. The number of aromatic nitrogens is 1. The van der Waals surface area contributed by atoms with Crippen LogP contribution in [0.1, 0.15) is 27.2 Å². The smallest absolute Gasteiger partial charge is 0.397 e. The lowest BCUT2D eigenvalue weighted by Crippen LogP contribution is -2.30. The second kappa shape index (κ2) is 7.77. The van der Waals surface area contributed by atoms with Gasteiger partial charge in [-0.05, 0) is 23.8 Å². The molecule has 10 heteroatoms. The molecule has 0 bridgehead atoms. The number of nitrogens with one attached hydrogen (secondary N) is 2. The van der Waals surface area contributed by atoms with Crippen LogP contribution in [-0.4, -0.2) is 27.6 Å². The van der Waals surface area contributed by atoms with Crippen molar-refractivity contribution in [2.75, 3.05) is 12.4 Å². The van der Waals surface area contributed by atoms with Crippen LogP contribution in [0, 0.1) is 0 Å². The summed E-state index contributed by atoms with van der Waals surface area (Å²) in [4.78, 5) is 17.9. The van der Waals surface area contributed by atoms with Gasteiger partial charge < -0.3 is 26.4 Å². The van der Waals surface area contributed by atoms with Gasteiger partial charge in [-0.25, -0.2) is 0 Å². The molecule has 2 aromatic rings. The summed E-state index contributed by atoms with van der Waals surface area (Å²) in [6.45, 7) is 0.247. The molecule has 2 heterocycles. The van der Waals surface area contributed by atoms with E-state index < -0.39 is 17.6 Å². The van der Waals surface area contributed by atoms with Crippen molar-refractivity contribution in [3.63, 3.8) is 0 Å². The van der Waals surface area contributed by atoms with E-state index >= 15 is 0 Å². The van der Waals surface area contributed by atoms with E-state index in [0.29, 0.717) is 18.1 Å². The first-order valence-electron chi connectivity index (χ1n) is 8.29. The molecule has 1 aromatic carbocycles. The maximum atomic E-state index is 12.8. The molecule has 0 radical (unpaired) electrons. The average Bonchev–Trinajstić information content (AvgIpc) is 3.08. The topological polar surface area (TPSA) is 104 Å². The third-order valence-electron chi connectivity index (χ3n) is 4.09. The molecule has 0 aliphatic carbocycles. The fraction of sp³-hybridized carbons (Fsp3) is 0.222. The lowest BCUT2D eigenvalue weighted by Gasteiger charge is -2.15. The summed E-state index contributed by atoms with van der Waals surface area (Å²) in [7, 11) is 0. The molecule has 0 saturated heterocycles. The van der Waals surface area contributed by atoms with Crippen LogP contribution < -0.4 is 16.4 Å². The molecule has 1 aliphatic rings. The molecular formula is C18H18F3N5O2. The van der Waals surface area contributed by atoms with Crippen LogP contribution in [-0.2, 0) is 19.3 Å². The highest BCUT2D eigenvalue weighted by atomic mass is 19.4. The standard InChI is InChI=1S/C18H18F3N5O2/c19-18(20,21)13-3-1-2-11(4-13)7-26-8-16(24-10-26)25-17(28)12-5-14(22)15(9-27)23-6-12/h1-6,8,24,27H,7,9-10,22H2,(H,25,28). The van der Waals surface area contributed by atoms with E-state index in [1.165, 1.54) is 18.3 Å². The predicted molar refractivity (Wildman–Crippen MR) is 95.1 cm³/mol. The van der Waals surface area contributed by atoms with Gasteiger partial charge in [0.15, 0.2) is 0 Å². The van der Waals surface area contributed by atoms with Crippen LogP contribution in [0.2, 0.25) is 0 Å². The van der Waals surface area contributed by atoms with Gasteiger partial charge in [0.05, 0.1) is 35.8 Å². The fourth-order valence-corrected chi connectivity index (χ4v) is 2.68. The highest BCUT2D eigenvalue weighted by molar-refractivity contribution is 5.95. The number of aliphatic hydroxyl groups is 1. The molecule has 1 aromatic heterocycles. The van der Waals surface area contributed by atoms with Crippen LogP contribution in [0.4, 0.5) is 18.9 Å². The molecule has 0 spiro atoms. The van der Waals surface area contributed by atoms with Gasteiger partial charge in [-0.3, -0.25) is 9.78 Å². The van der Waals surface area contributed by atoms with Gasteiger partial charge in [0.25, 0.3) is 5.91 Å². The molecule has 0 saturated carbocycles. The monoisotopic (exact) mass is 393 g/mol. The zero-order valence-electron chi connectivity index (χ0n) is 14.6. The Hall–Kier alpha value is -3.27.